The minimum Gasteiger partial charge on any atom is -0.351 e. The van der Waals surface area contributed by atoms with E-state index in [1.165, 1.54) is 11.3 Å². The smallest absolute Gasteiger partial charge is 0.292 e. The van der Waals surface area contributed by atoms with E-state index in [9.17, 15) is 4.79 Å². The maximum atomic E-state index is 12.4. The summed E-state index contributed by atoms with van der Waals surface area (Å²) in [6, 6.07) is 1.70. The fourth-order valence-corrected chi connectivity index (χ4v) is 2.62. The average Bonchev–Trinajstić information content (AvgIpc) is 3.06. The summed E-state index contributed by atoms with van der Waals surface area (Å²) in [5.41, 5.74) is 2.58. The highest BCUT2D eigenvalue weighted by atomic mass is 32.1. The maximum Gasteiger partial charge on any atom is 0.292 e. The molecule has 20 heavy (non-hydrogen) atoms. The molecule has 0 aliphatic carbocycles. The van der Waals surface area contributed by atoms with Crippen LogP contribution in [0.2, 0.25) is 0 Å². The second kappa shape index (κ2) is 6.17. The molecule has 5 nitrogen and oxygen atoms in total. The molecular formula is C14H19N3O2S. The molecule has 0 saturated heterocycles. The highest BCUT2D eigenvalue weighted by Crippen LogP contribution is 2.23. The van der Waals surface area contributed by atoms with Crippen LogP contribution in [0.4, 0.5) is 0 Å². The van der Waals surface area contributed by atoms with Gasteiger partial charge in [-0.15, -0.1) is 11.3 Å². The first-order chi connectivity index (χ1) is 9.49. The SMILES string of the molecule is CC(C)Cc1cc(C(=O)N(C)C(C)c2cncs2)on1. The van der Waals surface area contributed by atoms with Gasteiger partial charge in [-0.1, -0.05) is 19.0 Å². The molecule has 0 bridgehead atoms. The molecule has 2 aromatic rings. The molecule has 0 spiro atoms. The minimum absolute atomic E-state index is 0.0337. The molecule has 0 aromatic carbocycles. The number of thiazole rings is 1. The largest absolute Gasteiger partial charge is 0.351 e. The molecule has 1 atom stereocenters. The van der Waals surface area contributed by atoms with Crippen molar-refractivity contribution in [2.45, 2.75) is 33.2 Å². The average molecular weight is 293 g/mol. The lowest BCUT2D eigenvalue weighted by molar-refractivity contribution is 0.0702. The van der Waals surface area contributed by atoms with Crippen LogP contribution in [-0.4, -0.2) is 28.0 Å². The van der Waals surface area contributed by atoms with E-state index in [1.54, 1.807) is 29.7 Å². The number of rotatable bonds is 5. The van der Waals surface area contributed by atoms with Crippen molar-refractivity contribution in [3.8, 4) is 0 Å². The van der Waals surface area contributed by atoms with Gasteiger partial charge in [0.05, 0.1) is 17.2 Å². The van der Waals surface area contributed by atoms with Crippen molar-refractivity contribution in [3.63, 3.8) is 0 Å². The zero-order valence-electron chi connectivity index (χ0n) is 12.2. The van der Waals surface area contributed by atoms with E-state index < -0.39 is 0 Å². The van der Waals surface area contributed by atoms with E-state index >= 15 is 0 Å². The van der Waals surface area contributed by atoms with Gasteiger partial charge in [-0.2, -0.15) is 0 Å². The third-order valence-corrected chi connectivity index (χ3v) is 4.10. The van der Waals surface area contributed by atoms with E-state index in [0.717, 1.165) is 17.0 Å². The molecule has 1 amide bonds. The van der Waals surface area contributed by atoms with Gasteiger partial charge in [-0.3, -0.25) is 9.78 Å². The van der Waals surface area contributed by atoms with Crippen molar-refractivity contribution >= 4 is 17.2 Å². The van der Waals surface area contributed by atoms with Crippen LogP contribution in [0.1, 0.15) is 47.9 Å². The predicted octanol–water partition coefficient (Wildman–Crippen LogP) is 3.16. The molecule has 108 valence electrons. The van der Waals surface area contributed by atoms with Gasteiger partial charge in [0, 0.05) is 24.2 Å². The molecule has 0 fully saturated rings. The lowest BCUT2D eigenvalue weighted by atomic mass is 10.1. The second-order valence-electron chi connectivity index (χ2n) is 5.28. The molecule has 2 rings (SSSR count). The van der Waals surface area contributed by atoms with E-state index in [2.05, 4.69) is 24.0 Å². The Morgan fingerprint density at radius 1 is 1.45 bits per heavy atom. The number of carbonyl (C=O) groups excluding carboxylic acids is 1. The van der Waals surface area contributed by atoms with Crippen LogP contribution in [-0.2, 0) is 6.42 Å². The first kappa shape index (κ1) is 14.7. The number of hydrogen-bond donors (Lipinski definition) is 0. The Hall–Kier alpha value is -1.69. The van der Waals surface area contributed by atoms with Crippen molar-refractivity contribution in [1.29, 1.82) is 0 Å². The van der Waals surface area contributed by atoms with Crippen molar-refractivity contribution in [1.82, 2.24) is 15.0 Å². The van der Waals surface area contributed by atoms with Crippen LogP contribution in [0, 0.1) is 5.92 Å². The zero-order valence-corrected chi connectivity index (χ0v) is 13.0. The minimum atomic E-state index is -0.159. The number of aromatic nitrogens is 2. The van der Waals surface area contributed by atoms with E-state index in [4.69, 9.17) is 4.52 Å². The molecule has 2 heterocycles. The van der Waals surface area contributed by atoms with Gasteiger partial charge in [0.2, 0.25) is 5.76 Å². The quantitative estimate of drug-likeness (QED) is 0.849. The van der Waals surface area contributed by atoms with Gasteiger partial charge in [0.15, 0.2) is 0 Å². The number of nitrogens with zero attached hydrogens (tertiary/aromatic N) is 3. The van der Waals surface area contributed by atoms with Crippen molar-refractivity contribution in [2.75, 3.05) is 7.05 Å². The molecule has 0 N–H and O–H groups in total. The molecule has 0 saturated carbocycles. The molecule has 2 aromatic heterocycles. The lowest BCUT2D eigenvalue weighted by Gasteiger charge is -2.22. The van der Waals surface area contributed by atoms with Crippen molar-refractivity contribution in [3.05, 3.63) is 34.1 Å². The molecule has 6 heteroatoms. The predicted molar refractivity (Wildman–Crippen MR) is 77.7 cm³/mol. The van der Waals surface area contributed by atoms with Crippen LogP contribution in [0.15, 0.2) is 22.3 Å². The van der Waals surface area contributed by atoms with Gasteiger partial charge in [-0.05, 0) is 19.3 Å². The Morgan fingerprint density at radius 2 is 2.20 bits per heavy atom. The third-order valence-electron chi connectivity index (χ3n) is 3.15. The Kier molecular flexibility index (Phi) is 4.54. The van der Waals surface area contributed by atoms with E-state index in [1.807, 2.05) is 6.92 Å². The molecule has 1 unspecified atom stereocenters. The fourth-order valence-electron chi connectivity index (χ4n) is 1.90. The van der Waals surface area contributed by atoms with Crippen LogP contribution >= 0.6 is 11.3 Å². The molecule has 0 aliphatic rings. The monoisotopic (exact) mass is 293 g/mol. The summed E-state index contributed by atoms with van der Waals surface area (Å²) in [6.07, 6.45) is 2.59. The zero-order chi connectivity index (χ0) is 14.7. The van der Waals surface area contributed by atoms with Crippen molar-refractivity contribution in [2.24, 2.45) is 5.92 Å². The Labute approximate surface area is 122 Å². The van der Waals surface area contributed by atoms with Crippen LogP contribution in [0.25, 0.3) is 0 Å². The summed E-state index contributed by atoms with van der Waals surface area (Å²) in [7, 11) is 1.76. The molecule has 0 radical (unpaired) electrons. The number of hydrogen-bond acceptors (Lipinski definition) is 5. The normalized spacial score (nSPS) is 12.7. The Balaban J connectivity index is 2.08. The second-order valence-corrected chi connectivity index (χ2v) is 6.19. The lowest BCUT2D eigenvalue weighted by Crippen LogP contribution is -2.28. The van der Waals surface area contributed by atoms with Gasteiger partial charge in [0.1, 0.15) is 0 Å². The molecular weight excluding hydrogens is 274 g/mol. The van der Waals surface area contributed by atoms with Crippen molar-refractivity contribution < 1.29 is 9.32 Å². The van der Waals surface area contributed by atoms with E-state index in [-0.39, 0.29) is 11.9 Å². The van der Waals surface area contributed by atoms with E-state index in [0.29, 0.717) is 11.7 Å². The Bertz CT molecular complexity index is 563. The summed E-state index contributed by atoms with van der Waals surface area (Å²) in [5.74, 6) is 0.616. The number of carbonyl (C=O) groups is 1. The summed E-state index contributed by atoms with van der Waals surface area (Å²) in [5, 5.41) is 3.95. The van der Waals surface area contributed by atoms with Gasteiger partial charge in [0.25, 0.3) is 5.91 Å². The molecule has 0 aliphatic heterocycles. The summed E-state index contributed by atoms with van der Waals surface area (Å²) >= 11 is 1.53. The maximum absolute atomic E-state index is 12.4. The summed E-state index contributed by atoms with van der Waals surface area (Å²) in [6.45, 7) is 6.18. The van der Waals surface area contributed by atoms with Gasteiger partial charge in [-0.25, -0.2) is 0 Å². The van der Waals surface area contributed by atoms with Gasteiger partial charge >= 0.3 is 0 Å². The highest BCUT2D eigenvalue weighted by Gasteiger charge is 2.23. The first-order valence-electron chi connectivity index (χ1n) is 6.60. The summed E-state index contributed by atoms with van der Waals surface area (Å²) in [4.78, 5) is 19.1. The van der Waals surface area contributed by atoms with Crippen LogP contribution in [0.5, 0.6) is 0 Å². The fraction of sp³-hybridized carbons (Fsp3) is 0.500. The third kappa shape index (κ3) is 3.25. The topological polar surface area (TPSA) is 59.2 Å². The first-order valence-corrected chi connectivity index (χ1v) is 7.48. The van der Waals surface area contributed by atoms with Gasteiger partial charge < -0.3 is 9.42 Å². The summed E-state index contributed by atoms with van der Waals surface area (Å²) < 4.78 is 5.16. The van der Waals surface area contributed by atoms with Crippen LogP contribution < -0.4 is 0 Å². The standard InChI is InChI=1S/C14H19N3O2S/c1-9(2)5-11-6-12(19-16-11)14(18)17(4)10(3)13-7-15-8-20-13/h6-10H,5H2,1-4H3. The Morgan fingerprint density at radius 3 is 2.80 bits per heavy atom. The van der Waals surface area contributed by atoms with Crippen LogP contribution in [0.3, 0.4) is 0 Å². The highest BCUT2D eigenvalue weighted by molar-refractivity contribution is 7.09. The number of amides is 1.